The van der Waals surface area contributed by atoms with Crippen molar-refractivity contribution in [3.8, 4) is 0 Å². The van der Waals surface area contributed by atoms with Crippen molar-refractivity contribution in [3.63, 3.8) is 0 Å². The first-order valence-corrected chi connectivity index (χ1v) is 11.7. The van der Waals surface area contributed by atoms with Crippen LogP contribution >= 0.6 is 0 Å². The predicted octanol–water partition coefficient (Wildman–Crippen LogP) is 4.07. The van der Waals surface area contributed by atoms with E-state index in [1.54, 1.807) is 42.5 Å². The van der Waals surface area contributed by atoms with E-state index in [0.29, 0.717) is 12.2 Å². The molecule has 0 aromatic heterocycles. The van der Waals surface area contributed by atoms with E-state index in [2.05, 4.69) is 17.0 Å². The van der Waals surface area contributed by atoms with Crippen LogP contribution in [0.5, 0.6) is 0 Å². The van der Waals surface area contributed by atoms with Crippen LogP contribution in [-0.2, 0) is 25.0 Å². The number of alkyl halides is 3. The predicted molar refractivity (Wildman–Crippen MR) is 116 cm³/mol. The van der Waals surface area contributed by atoms with Gasteiger partial charge in [0.15, 0.2) is 0 Å². The number of unbranched alkanes of at least 4 members (excludes halogenated alkanes) is 1. The Kier molecular flexibility index (Phi) is 8.48. The molecule has 3 N–H and O–H groups in total. The van der Waals surface area contributed by atoms with Gasteiger partial charge in [-0.05, 0) is 49.1 Å². The number of aliphatic carboxylic acids is 1. The molecule has 0 spiro atoms. The Labute approximate surface area is 190 Å². The third-order valence-corrected chi connectivity index (χ3v) is 6.38. The molecule has 1 fully saturated rings. The number of benzene rings is 2. The highest BCUT2D eigenvalue weighted by molar-refractivity contribution is 7.92. The topological polar surface area (TPSA) is 113 Å². The van der Waals surface area contributed by atoms with Gasteiger partial charge in [-0.15, -0.1) is 0 Å². The molecule has 0 unspecified atom stereocenters. The van der Waals surface area contributed by atoms with Crippen LogP contribution in [0.25, 0.3) is 0 Å². The number of halogens is 3. The van der Waals surface area contributed by atoms with Gasteiger partial charge in [0.1, 0.15) is 0 Å². The Hall–Kier alpha value is -3.08. The molecule has 0 heterocycles. The van der Waals surface area contributed by atoms with Crippen molar-refractivity contribution >= 4 is 27.6 Å². The van der Waals surface area contributed by atoms with Crippen molar-refractivity contribution in [1.29, 1.82) is 0 Å². The molecule has 2 aromatic carbocycles. The lowest BCUT2D eigenvalue weighted by Gasteiger charge is -2.16. The van der Waals surface area contributed by atoms with Crippen LogP contribution in [0, 0.1) is 0 Å². The van der Waals surface area contributed by atoms with Crippen LogP contribution in [0.3, 0.4) is 0 Å². The molecule has 1 saturated carbocycles. The molecule has 11 heteroatoms. The van der Waals surface area contributed by atoms with Gasteiger partial charge in [0.05, 0.1) is 10.3 Å². The maximum atomic E-state index is 12.5. The van der Waals surface area contributed by atoms with Crippen molar-refractivity contribution in [1.82, 2.24) is 5.32 Å². The van der Waals surface area contributed by atoms with Crippen LogP contribution in [-0.4, -0.2) is 38.1 Å². The fourth-order valence-corrected chi connectivity index (χ4v) is 4.07. The Morgan fingerprint density at radius 2 is 1.58 bits per heavy atom. The van der Waals surface area contributed by atoms with Crippen LogP contribution in [0.4, 0.5) is 18.9 Å². The summed E-state index contributed by atoms with van der Waals surface area (Å²) in [5.74, 6) is -2.68. The summed E-state index contributed by atoms with van der Waals surface area (Å²) in [6.45, 7) is 2.79. The Balaban J connectivity index is 0.000000479. The summed E-state index contributed by atoms with van der Waals surface area (Å²) in [6.07, 6.45) is -1.40. The fraction of sp³-hybridized carbons (Fsp3) is 0.364. The standard InChI is InChI=1S/C20H24N2O3S.C2HF3O2/c1-2-3-15-21-19(23)20(13-14-20)16-9-11-17(12-10-16)22-26(24,25)18-7-5-4-6-8-18;3-2(4,5)1(6)7/h4-12,22H,2-3,13-15H2,1H3,(H,21,23);(H,6,7). The number of rotatable bonds is 8. The molecule has 0 aliphatic heterocycles. The van der Waals surface area contributed by atoms with Crippen LogP contribution in [0.2, 0.25) is 0 Å². The van der Waals surface area contributed by atoms with E-state index < -0.39 is 27.6 Å². The van der Waals surface area contributed by atoms with E-state index in [1.165, 1.54) is 0 Å². The van der Waals surface area contributed by atoms with Gasteiger partial charge in [-0.25, -0.2) is 13.2 Å². The van der Waals surface area contributed by atoms with E-state index in [1.807, 2.05) is 12.1 Å². The highest BCUT2D eigenvalue weighted by Gasteiger charge is 2.51. The lowest BCUT2D eigenvalue weighted by atomic mass is 9.94. The van der Waals surface area contributed by atoms with E-state index in [4.69, 9.17) is 9.90 Å². The molecule has 1 aliphatic rings. The second-order valence-electron chi connectivity index (χ2n) is 7.49. The molecule has 0 bridgehead atoms. The minimum absolute atomic E-state index is 0.0727. The normalized spacial score (nSPS) is 14.4. The second kappa shape index (κ2) is 10.7. The molecule has 0 saturated heterocycles. The minimum atomic E-state index is -5.08. The van der Waals surface area contributed by atoms with Gasteiger partial charge < -0.3 is 10.4 Å². The van der Waals surface area contributed by atoms with Gasteiger partial charge in [0, 0.05) is 12.2 Å². The average Bonchev–Trinajstić information content (AvgIpc) is 3.57. The van der Waals surface area contributed by atoms with Crippen molar-refractivity contribution in [2.24, 2.45) is 0 Å². The number of sulfonamides is 1. The van der Waals surface area contributed by atoms with Crippen LogP contribution < -0.4 is 10.0 Å². The zero-order chi connectivity index (χ0) is 24.7. The summed E-state index contributed by atoms with van der Waals surface area (Å²) in [6, 6.07) is 15.4. The monoisotopic (exact) mass is 486 g/mol. The Morgan fingerprint density at radius 1 is 1.03 bits per heavy atom. The number of anilines is 1. The molecule has 180 valence electrons. The summed E-state index contributed by atoms with van der Waals surface area (Å²) < 4.78 is 59.1. The third-order valence-electron chi connectivity index (χ3n) is 4.99. The number of carbonyl (C=O) groups excluding carboxylic acids is 1. The SMILES string of the molecule is CCCCNC(=O)C1(c2ccc(NS(=O)(=O)c3ccccc3)cc2)CC1.O=C(O)C(F)(F)F. The number of amides is 1. The van der Waals surface area contributed by atoms with Crippen molar-refractivity contribution in [2.75, 3.05) is 11.3 Å². The molecule has 1 amide bonds. The number of carbonyl (C=O) groups is 2. The molecular weight excluding hydrogens is 461 g/mol. The lowest BCUT2D eigenvalue weighted by Crippen LogP contribution is -2.35. The highest BCUT2D eigenvalue weighted by atomic mass is 32.2. The van der Waals surface area contributed by atoms with E-state index in [-0.39, 0.29) is 10.8 Å². The summed E-state index contributed by atoms with van der Waals surface area (Å²) in [5.41, 5.74) is 0.985. The fourth-order valence-electron chi connectivity index (χ4n) is 2.99. The number of carboxylic acids is 1. The van der Waals surface area contributed by atoms with Gasteiger partial charge in [-0.1, -0.05) is 43.7 Å². The summed E-state index contributed by atoms with van der Waals surface area (Å²) in [7, 11) is -3.61. The van der Waals surface area contributed by atoms with E-state index in [9.17, 15) is 26.4 Å². The van der Waals surface area contributed by atoms with Gasteiger partial charge in [-0.3, -0.25) is 9.52 Å². The molecule has 33 heavy (non-hydrogen) atoms. The molecule has 3 rings (SSSR count). The molecule has 0 radical (unpaired) electrons. The van der Waals surface area contributed by atoms with Crippen molar-refractivity contribution in [3.05, 3.63) is 60.2 Å². The summed E-state index contributed by atoms with van der Waals surface area (Å²) in [4.78, 5) is 21.6. The third kappa shape index (κ3) is 7.21. The van der Waals surface area contributed by atoms with E-state index in [0.717, 1.165) is 31.2 Å². The Morgan fingerprint density at radius 3 is 2.03 bits per heavy atom. The van der Waals surface area contributed by atoms with Gasteiger partial charge >= 0.3 is 12.1 Å². The number of nitrogens with one attached hydrogen (secondary N) is 2. The molecule has 7 nitrogen and oxygen atoms in total. The molecule has 2 aromatic rings. The first-order valence-electron chi connectivity index (χ1n) is 10.2. The second-order valence-corrected chi connectivity index (χ2v) is 9.17. The van der Waals surface area contributed by atoms with Gasteiger partial charge in [0.2, 0.25) is 5.91 Å². The lowest BCUT2D eigenvalue weighted by molar-refractivity contribution is -0.192. The highest BCUT2D eigenvalue weighted by Crippen LogP contribution is 2.48. The zero-order valence-electron chi connectivity index (χ0n) is 17.9. The molecule has 0 atom stereocenters. The minimum Gasteiger partial charge on any atom is -0.475 e. The summed E-state index contributed by atoms with van der Waals surface area (Å²) >= 11 is 0. The van der Waals surface area contributed by atoms with Gasteiger partial charge in [-0.2, -0.15) is 13.2 Å². The number of carboxylic acid groups (broad SMARTS) is 1. The quantitative estimate of drug-likeness (QED) is 0.487. The van der Waals surface area contributed by atoms with Gasteiger partial charge in [0.25, 0.3) is 10.0 Å². The molecule has 1 aliphatic carbocycles. The first kappa shape index (κ1) is 26.2. The molecular formula is C22H25F3N2O5S. The van der Waals surface area contributed by atoms with Crippen molar-refractivity contribution in [2.45, 2.75) is 49.1 Å². The average molecular weight is 487 g/mol. The van der Waals surface area contributed by atoms with Crippen LogP contribution in [0.15, 0.2) is 59.5 Å². The Bertz CT molecular complexity index is 1050. The maximum absolute atomic E-state index is 12.5. The largest absolute Gasteiger partial charge is 0.490 e. The number of hydrogen-bond donors (Lipinski definition) is 3. The smallest absolute Gasteiger partial charge is 0.475 e. The summed E-state index contributed by atoms with van der Waals surface area (Å²) in [5, 5.41) is 10.1. The number of hydrogen-bond acceptors (Lipinski definition) is 4. The van der Waals surface area contributed by atoms with Crippen molar-refractivity contribution < 1.29 is 36.3 Å². The van der Waals surface area contributed by atoms with E-state index >= 15 is 0 Å². The first-order chi connectivity index (χ1) is 15.4. The maximum Gasteiger partial charge on any atom is 0.490 e. The zero-order valence-corrected chi connectivity index (χ0v) is 18.7. The van der Waals surface area contributed by atoms with Crippen LogP contribution in [0.1, 0.15) is 38.2 Å².